The highest BCUT2D eigenvalue weighted by atomic mass is 16.2. The van der Waals surface area contributed by atoms with Gasteiger partial charge in [0.15, 0.2) is 5.78 Å². The highest BCUT2D eigenvalue weighted by Crippen LogP contribution is 2.44. The molecular weight excluding hydrogens is 386 g/mol. The summed E-state index contributed by atoms with van der Waals surface area (Å²) in [5.74, 6) is 0.0907. The fraction of sp³-hybridized carbons (Fsp3) is 0.154. The van der Waals surface area contributed by atoms with Crippen LogP contribution >= 0.6 is 0 Å². The molecule has 0 spiro atoms. The number of rotatable bonds is 2. The van der Waals surface area contributed by atoms with Gasteiger partial charge in [-0.25, -0.2) is 4.79 Å². The number of carbonyl (C=O) groups excluding carboxylic acids is 2. The molecule has 1 atom stereocenters. The molecule has 0 radical (unpaired) electrons. The summed E-state index contributed by atoms with van der Waals surface area (Å²) in [6.45, 7) is 0. The minimum Gasteiger partial charge on any atom is -0.357 e. The Morgan fingerprint density at radius 1 is 0.871 bits per heavy atom. The predicted molar refractivity (Wildman–Crippen MR) is 123 cm³/mol. The zero-order valence-corrected chi connectivity index (χ0v) is 17.0. The topological polar surface area (TPSA) is 61.4 Å². The third-order valence-electron chi connectivity index (χ3n) is 5.80. The Bertz CT molecular complexity index is 1160. The maximum Gasteiger partial charge on any atom is 0.327 e. The molecule has 154 valence electrons. The molecule has 0 fully saturated rings. The molecule has 5 rings (SSSR count). The van der Waals surface area contributed by atoms with Gasteiger partial charge in [-0.1, -0.05) is 60.7 Å². The second-order valence-corrected chi connectivity index (χ2v) is 7.79. The number of carbonyl (C=O) groups is 2. The maximum absolute atomic E-state index is 13.7. The van der Waals surface area contributed by atoms with Gasteiger partial charge in [0.1, 0.15) is 0 Å². The van der Waals surface area contributed by atoms with Gasteiger partial charge in [0, 0.05) is 23.4 Å². The van der Waals surface area contributed by atoms with Gasteiger partial charge in [0.05, 0.1) is 17.4 Å². The molecule has 5 heteroatoms. The lowest BCUT2D eigenvalue weighted by atomic mass is 9.86. The van der Waals surface area contributed by atoms with E-state index in [-0.39, 0.29) is 11.8 Å². The minimum absolute atomic E-state index is 0.0907. The molecule has 1 aliphatic heterocycles. The van der Waals surface area contributed by atoms with Crippen molar-refractivity contribution in [1.82, 2.24) is 0 Å². The molecule has 1 unspecified atom stereocenters. The van der Waals surface area contributed by atoms with Crippen LogP contribution < -0.4 is 15.5 Å². The monoisotopic (exact) mass is 409 g/mol. The molecule has 0 saturated heterocycles. The van der Waals surface area contributed by atoms with Gasteiger partial charge in [-0.2, -0.15) is 0 Å². The Balaban J connectivity index is 1.70. The molecule has 5 nitrogen and oxygen atoms in total. The van der Waals surface area contributed by atoms with E-state index in [1.54, 1.807) is 4.90 Å². The van der Waals surface area contributed by atoms with Crippen molar-refractivity contribution < 1.29 is 9.59 Å². The first-order chi connectivity index (χ1) is 15.2. The Hall–Kier alpha value is -3.86. The molecule has 0 aromatic heterocycles. The predicted octanol–water partition coefficient (Wildman–Crippen LogP) is 5.90. The number of allylic oxidation sites excluding steroid dienone is 1. The van der Waals surface area contributed by atoms with Crippen LogP contribution in [0.1, 0.15) is 30.9 Å². The molecule has 2 aliphatic rings. The molecule has 2 amide bonds. The standard InChI is InChI=1S/C26H23N3O2/c30-23-17-9-15-21-24(23)25(18-10-3-1-4-11-18)29(22-16-8-7-14-20(22)28-21)26(31)27-19-12-5-2-6-13-19/h1-8,10-14,16,25,28H,9,15,17H2,(H,27,31). The van der Waals surface area contributed by atoms with Gasteiger partial charge >= 0.3 is 6.03 Å². The fourth-order valence-electron chi connectivity index (χ4n) is 4.41. The van der Waals surface area contributed by atoms with E-state index in [1.807, 2.05) is 84.9 Å². The minimum atomic E-state index is -0.510. The van der Waals surface area contributed by atoms with Gasteiger partial charge < -0.3 is 10.6 Å². The van der Waals surface area contributed by atoms with Crippen LogP contribution in [0.3, 0.4) is 0 Å². The van der Waals surface area contributed by atoms with Crippen molar-refractivity contribution >= 4 is 28.9 Å². The quantitative estimate of drug-likeness (QED) is 0.554. The molecule has 0 saturated carbocycles. The van der Waals surface area contributed by atoms with Crippen molar-refractivity contribution in [2.24, 2.45) is 0 Å². The summed E-state index contributed by atoms with van der Waals surface area (Å²) in [7, 11) is 0. The molecule has 0 bridgehead atoms. The molecule has 3 aromatic rings. The van der Waals surface area contributed by atoms with E-state index >= 15 is 0 Å². The molecular formula is C26H23N3O2. The Labute approximate surface area is 181 Å². The Morgan fingerprint density at radius 3 is 2.32 bits per heavy atom. The Kier molecular flexibility index (Phi) is 5.00. The van der Waals surface area contributed by atoms with Crippen molar-refractivity contribution in [2.75, 3.05) is 15.5 Å². The number of anilines is 3. The van der Waals surface area contributed by atoms with Crippen LogP contribution in [0.2, 0.25) is 0 Å². The number of hydrogen-bond acceptors (Lipinski definition) is 3. The smallest absolute Gasteiger partial charge is 0.327 e. The number of nitrogens with zero attached hydrogens (tertiary/aromatic N) is 1. The van der Waals surface area contributed by atoms with Crippen LogP contribution in [-0.4, -0.2) is 11.8 Å². The number of amides is 2. The number of fused-ring (bicyclic) bond motifs is 1. The number of para-hydroxylation sites is 3. The lowest BCUT2D eigenvalue weighted by Gasteiger charge is -2.33. The SMILES string of the molecule is O=C1CCCC2=C1C(c1ccccc1)N(C(=O)Nc1ccccc1)c1ccccc1N2. The summed E-state index contributed by atoms with van der Waals surface area (Å²) >= 11 is 0. The first-order valence-corrected chi connectivity index (χ1v) is 10.5. The van der Waals surface area contributed by atoms with Gasteiger partial charge in [-0.3, -0.25) is 9.69 Å². The lowest BCUT2D eigenvalue weighted by molar-refractivity contribution is -0.116. The molecule has 1 aliphatic carbocycles. The van der Waals surface area contributed by atoms with Crippen molar-refractivity contribution in [1.29, 1.82) is 0 Å². The largest absolute Gasteiger partial charge is 0.357 e. The number of benzene rings is 3. The lowest BCUT2D eigenvalue weighted by Crippen LogP contribution is -2.40. The van der Waals surface area contributed by atoms with E-state index in [2.05, 4.69) is 10.6 Å². The highest BCUT2D eigenvalue weighted by Gasteiger charge is 2.39. The summed E-state index contributed by atoms with van der Waals surface area (Å²) in [5.41, 5.74) is 4.77. The summed E-state index contributed by atoms with van der Waals surface area (Å²) in [4.78, 5) is 28.6. The number of ketones is 1. The third kappa shape index (κ3) is 3.59. The number of Topliss-reactive ketones (excluding diaryl/α,β-unsaturated/α-hetero) is 1. The molecule has 3 aromatic carbocycles. The van der Waals surface area contributed by atoms with Gasteiger partial charge in [-0.05, 0) is 42.7 Å². The van der Waals surface area contributed by atoms with Gasteiger partial charge in [0.2, 0.25) is 0 Å². The maximum atomic E-state index is 13.7. The van der Waals surface area contributed by atoms with Crippen LogP contribution in [0, 0.1) is 0 Å². The van der Waals surface area contributed by atoms with E-state index in [4.69, 9.17) is 0 Å². The van der Waals surface area contributed by atoms with E-state index in [9.17, 15) is 9.59 Å². The summed E-state index contributed by atoms with van der Waals surface area (Å²) < 4.78 is 0. The molecule has 31 heavy (non-hydrogen) atoms. The molecule has 1 heterocycles. The Morgan fingerprint density at radius 2 is 1.55 bits per heavy atom. The number of urea groups is 1. The highest BCUT2D eigenvalue weighted by molar-refractivity contribution is 6.09. The van der Waals surface area contributed by atoms with E-state index in [0.717, 1.165) is 35.5 Å². The summed E-state index contributed by atoms with van der Waals surface area (Å²) in [6, 6.07) is 26.1. The first-order valence-electron chi connectivity index (χ1n) is 10.5. The van der Waals surface area contributed by atoms with Crippen LogP contribution in [0.25, 0.3) is 0 Å². The summed E-state index contributed by atoms with van der Waals surface area (Å²) in [5, 5.41) is 6.49. The van der Waals surface area contributed by atoms with Crippen molar-refractivity contribution in [3.63, 3.8) is 0 Å². The first kappa shape index (κ1) is 19.1. The van der Waals surface area contributed by atoms with Crippen LogP contribution in [0.5, 0.6) is 0 Å². The van der Waals surface area contributed by atoms with E-state index in [0.29, 0.717) is 17.7 Å². The average Bonchev–Trinajstić information content (AvgIpc) is 2.95. The van der Waals surface area contributed by atoms with Crippen LogP contribution in [0.15, 0.2) is 96.2 Å². The van der Waals surface area contributed by atoms with Crippen LogP contribution in [0.4, 0.5) is 21.9 Å². The number of hydrogen-bond donors (Lipinski definition) is 2. The summed E-state index contributed by atoms with van der Waals surface area (Å²) in [6.07, 6.45) is 2.09. The van der Waals surface area contributed by atoms with Crippen LogP contribution in [-0.2, 0) is 4.79 Å². The second kappa shape index (κ2) is 8.11. The molecule has 2 N–H and O–H groups in total. The van der Waals surface area contributed by atoms with E-state index in [1.165, 1.54) is 0 Å². The zero-order valence-electron chi connectivity index (χ0n) is 17.0. The second-order valence-electron chi connectivity index (χ2n) is 7.79. The third-order valence-corrected chi connectivity index (χ3v) is 5.80. The van der Waals surface area contributed by atoms with Crippen molar-refractivity contribution in [3.05, 3.63) is 102 Å². The van der Waals surface area contributed by atoms with E-state index < -0.39 is 6.04 Å². The van der Waals surface area contributed by atoms with Gasteiger partial charge in [0.25, 0.3) is 0 Å². The van der Waals surface area contributed by atoms with Crippen molar-refractivity contribution in [3.8, 4) is 0 Å². The van der Waals surface area contributed by atoms with Gasteiger partial charge in [-0.15, -0.1) is 0 Å². The van der Waals surface area contributed by atoms with Crippen molar-refractivity contribution in [2.45, 2.75) is 25.3 Å². The average molecular weight is 409 g/mol. The number of nitrogens with one attached hydrogen (secondary N) is 2. The fourth-order valence-corrected chi connectivity index (χ4v) is 4.41. The zero-order chi connectivity index (χ0) is 21.2. The normalized spacial score (nSPS) is 17.9.